The Labute approximate surface area is 255 Å². The fourth-order valence-electron chi connectivity index (χ4n) is 5.68. The summed E-state index contributed by atoms with van der Waals surface area (Å²) >= 11 is 6.47. The number of hydrazone groups is 1. The van der Waals surface area contributed by atoms with E-state index in [1.807, 2.05) is 46.8 Å². The fraction of sp³-hybridized carbons (Fsp3) is 0.312. The smallest absolute Gasteiger partial charge is 0.254 e. The number of rotatable bonds is 9. The van der Waals surface area contributed by atoms with E-state index < -0.39 is 0 Å². The molecule has 3 heterocycles. The largest absolute Gasteiger partial charge is 0.495 e. The number of carbonyl (C=O) groups excluding carboxylic acids is 2. The van der Waals surface area contributed by atoms with Gasteiger partial charge in [0.05, 0.1) is 30.8 Å². The number of carbonyl (C=O) groups is 2. The van der Waals surface area contributed by atoms with Crippen LogP contribution in [0, 0.1) is 0 Å². The Morgan fingerprint density at radius 2 is 1.79 bits per heavy atom. The van der Waals surface area contributed by atoms with Crippen molar-refractivity contribution in [2.45, 2.75) is 51.6 Å². The van der Waals surface area contributed by atoms with Gasteiger partial charge in [-0.1, -0.05) is 24.4 Å². The third-order valence-electron chi connectivity index (χ3n) is 7.87. The number of ether oxygens (including phenoxy) is 1. The topological polar surface area (TPSA) is 106 Å². The summed E-state index contributed by atoms with van der Waals surface area (Å²) < 4.78 is 7.18. The molecule has 1 fully saturated rings. The zero-order chi connectivity index (χ0) is 29.9. The van der Waals surface area contributed by atoms with Crippen LogP contribution >= 0.6 is 11.6 Å². The molecule has 2 amide bonds. The summed E-state index contributed by atoms with van der Waals surface area (Å²) in [6, 6.07) is 16.5. The molecule has 220 valence electrons. The minimum Gasteiger partial charge on any atom is -0.495 e. The van der Waals surface area contributed by atoms with E-state index in [-0.39, 0.29) is 17.9 Å². The van der Waals surface area contributed by atoms with Gasteiger partial charge in [-0.05, 0) is 74.4 Å². The molecule has 0 bridgehead atoms. The monoisotopic (exact) mass is 597 g/mol. The first kappa shape index (κ1) is 28.5. The standard InChI is InChI=1S/C32H32ClN7O3/c1-21-19-29(41)40(36-21)26-10-7-23(8-11-26)32(42)38(25-5-3-4-6-25)17-18-39-31(24-9-12-28(43-2)27(33)20-24)35-30(37-39)22-13-15-34-16-14-22/h7-16,20,25H,3-6,17-19H2,1-2H3. The minimum atomic E-state index is -0.0722. The molecule has 11 heteroatoms. The molecule has 0 saturated heterocycles. The summed E-state index contributed by atoms with van der Waals surface area (Å²) in [6.45, 7) is 2.72. The number of aromatic nitrogens is 4. The first-order valence-electron chi connectivity index (χ1n) is 14.4. The van der Waals surface area contributed by atoms with Gasteiger partial charge in [0.1, 0.15) is 5.75 Å². The molecular formula is C32H32ClN7O3. The third-order valence-corrected chi connectivity index (χ3v) is 8.17. The van der Waals surface area contributed by atoms with Crippen LogP contribution in [-0.4, -0.2) is 61.9 Å². The Balaban J connectivity index is 1.28. The number of halogens is 1. The maximum absolute atomic E-state index is 13.9. The zero-order valence-corrected chi connectivity index (χ0v) is 24.9. The van der Waals surface area contributed by atoms with Gasteiger partial charge in [-0.15, -0.1) is 0 Å². The van der Waals surface area contributed by atoms with Gasteiger partial charge in [0, 0.05) is 47.4 Å². The van der Waals surface area contributed by atoms with Gasteiger partial charge in [0.2, 0.25) is 0 Å². The average molecular weight is 598 g/mol. The summed E-state index contributed by atoms with van der Waals surface area (Å²) in [4.78, 5) is 37.2. The van der Waals surface area contributed by atoms with Crippen molar-refractivity contribution in [1.29, 1.82) is 0 Å². The van der Waals surface area contributed by atoms with Gasteiger partial charge in [-0.2, -0.15) is 10.2 Å². The molecule has 1 aliphatic heterocycles. The van der Waals surface area contributed by atoms with E-state index in [2.05, 4.69) is 10.1 Å². The van der Waals surface area contributed by atoms with Crippen molar-refractivity contribution in [3.8, 4) is 28.5 Å². The van der Waals surface area contributed by atoms with Gasteiger partial charge in [-0.3, -0.25) is 14.6 Å². The molecule has 2 aromatic carbocycles. The second-order valence-corrected chi connectivity index (χ2v) is 11.2. The third kappa shape index (κ3) is 6.01. The van der Waals surface area contributed by atoms with E-state index in [4.69, 9.17) is 26.4 Å². The molecule has 0 atom stereocenters. The van der Waals surface area contributed by atoms with Crippen LogP contribution in [0.5, 0.6) is 5.75 Å². The molecular weight excluding hydrogens is 566 g/mol. The van der Waals surface area contributed by atoms with Crippen LogP contribution in [0.25, 0.3) is 22.8 Å². The Bertz CT molecular complexity index is 1660. The van der Waals surface area contributed by atoms with E-state index in [0.29, 0.717) is 53.2 Å². The van der Waals surface area contributed by atoms with Crippen molar-refractivity contribution in [1.82, 2.24) is 24.6 Å². The van der Waals surface area contributed by atoms with Gasteiger partial charge < -0.3 is 9.64 Å². The second-order valence-electron chi connectivity index (χ2n) is 10.8. The van der Waals surface area contributed by atoms with E-state index in [1.165, 1.54) is 5.01 Å². The Morgan fingerprint density at radius 1 is 1.05 bits per heavy atom. The zero-order valence-electron chi connectivity index (χ0n) is 24.1. The van der Waals surface area contributed by atoms with E-state index in [0.717, 1.165) is 42.5 Å². The van der Waals surface area contributed by atoms with Gasteiger partial charge in [0.25, 0.3) is 11.8 Å². The molecule has 1 saturated carbocycles. The highest BCUT2D eigenvalue weighted by molar-refractivity contribution is 6.32. The number of methoxy groups -OCH3 is 1. The van der Waals surface area contributed by atoms with Crippen molar-refractivity contribution in [2.24, 2.45) is 5.10 Å². The van der Waals surface area contributed by atoms with E-state index >= 15 is 0 Å². The Kier molecular flexibility index (Phi) is 8.20. The molecule has 0 unspecified atom stereocenters. The normalized spacial score (nSPS) is 15.2. The van der Waals surface area contributed by atoms with Crippen molar-refractivity contribution >= 4 is 34.8 Å². The molecule has 0 spiro atoms. The molecule has 2 aromatic heterocycles. The average Bonchev–Trinajstić information content (AvgIpc) is 3.78. The summed E-state index contributed by atoms with van der Waals surface area (Å²) in [5.74, 6) is 1.66. The second kappa shape index (κ2) is 12.3. The fourth-order valence-corrected chi connectivity index (χ4v) is 5.93. The maximum Gasteiger partial charge on any atom is 0.254 e. The van der Waals surface area contributed by atoms with Crippen LogP contribution < -0.4 is 9.75 Å². The van der Waals surface area contributed by atoms with Gasteiger partial charge >= 0.3 is 0 Å². The van der Waals surface area contributed by atoms with Crippen LogP contribution in [0.3, 0.4) is 0 Å². The van der Waals surface area contributed by atoms with E-state index in [1.54, 1.807) is 43.8 Å². The number of pyridine rings is 1. The number of benzene rings is 2. The lowest BCUT2D eigenvalue weighted by Crippen LogP contribution is -2.41. The van der Waals surface area contributed by atoms with Gasteiger partial charge in [-0.25, -0.2) is 14.7 Å². The van der Waals surface area contributed by atoms with Crippen LogP contribution in [0.1, 0.15) is 49.4 Å². The molecule has 1 aliphatic carbocycles. The molecule has 2 aliphatic rings. The first-order valence-corrected chi connectivity index (χ1v) is 14.8. The molecule has 0 N–H and O–H groups in total. The molecule has 43 heavy (non-hydrogen) atoms. The lowest BCUT2D eigenvalue weighted by Gasteiger charge is -2.29. The van der Waals surface area contributed by atoms with Crippen LogP contribution in [0.4, 0.5) is 5.69 Å². The van der Waals surface area contributed by atoms with Crippen molar-refractivity contribution < 1.29 is 14.3 Å². The van der Waals surface area contributed by atoms with Gasteiger partial charge in [0.15, 0.2) is 11.6 Å². The highest BCUT2D eigenvalue weighted by Crippen LogP contribution is 2.31. The number of amides is 2. The summed E-state index contributed by atoms with van der Waals surface area (Å²) in [5.41, 5.74) is 3.63. The lowest BCUT2D eigenvalue weighted by atomic mass is 10.1. The quantitative estimate of drug-likeness (QED) is 0.239. The van der Waals surface area contributed by atoms with Crippen molar-refractivity contribution in [3.05, 3.63) is 77.6 Å². The first-order chi connectivity index (χ1) is 20.9. The lowest BCUT2D eigenvalue weighted by molar-refractivity contribution is -0.116. The highest BCUT2D eigenvalue weighted by atomic mass is 35.5. The predicted octanol–water partition coefficient (Wildman–Crippen LogP) is 5.87. The predicted molar refractivity (Wildman–Crippen MR) is 165 cm³/mol. The highest BCUT2D eigenvalue weighted by Gasteiger charge is 2.29. The number of hydrogen-bond acceptors (Lipinski definition) is 7. The van der Waals surface area contributed by atoms with Crippen molar-refractivity contribution in [2.75, 3.05) is 18.7 Å². The summed E-state index contributed by atoms with van der Waals surface area (Å²) in [5, 5.41) is 11.0. The number of anilines is 1. The van der Waals surface area contributed by atoms with Crippen LogP contribution in [-0.2, 0) is 11.3 Å². The van der Waals surface area contributed by atoms with Crippen molar-refractivity contribution in [3.63, 3.8) is 0 Å². The number of hydrogen-bond donors (Lipinski definition) is 0. The van der Waals surface area contributed by atoms with Crippen LogP contribution in [0.2, 0.25) is 5.02 Å². The molecule has 6 rings (SSSR count). The maximum atomic E-state index is 13.9. The number of nitrogens with zero attached hydrogens (tertiary/aromatic N) is 7. The Hall–Kier alpha value is -4.57. The molecule has 0 radical (unpaired) electrons. The summed E-state index contributed by atoms with van der Waals surface area (Å²) in [6.07, 6.45) is 7.82. The minimum absolute atomic E-state index is 0.0469. The van der Waals surface area contributed by atoms with E-state index in [9.17, 15) is 9.59 Å². The summed E-state index contributed by atoms with van der Waals surface area (Å²) in [7, 11) is 1.58. The molecule has 4 aromatic rings. The Morgan fingerprint density at radius 3 is 2.44 bits per heavy atom. The molecule has 10 nitrogen and oxygen atoms in total. The SMILES string of the molecule is COc1ccc(-c2nc(-c3ccncc3)nn2CCN(C(=O)c2ccc(N3N=C(C)CC3=O)cc2)C2CCCC2)cc1Cl. The van der Waals surface area contributed by atoms with Crippen LogP contribution in [0.15, 0.2) is 72.1 Å².